The van der Waals surface area contributed by atoms with E-state index in [-0.39, 0.29) is 23.9 Å². The number of amides is 1. The van der Waals surface area contributed by atoms with E-state index in [0.717, 1.165) is 0 Å². The van der Waals surface area contributed by atoms with Crippen LogP contribution in [0.3, 0.4) is 0 Å². The second-order valence-corrected chi connectivity index (χ2v) is 5.80. The molecule has 1 aromatic carbocycles. The molecule has 3 rings (SSSR count). The third-order valence-electron chi connectivity index (χ3n) is 3.67. The van der Waals surface area contributed by atoms with Crippen LogP contribution in [0.4, 0.5) is 5.69 Å². The van der Waals surface area contributed by atoms with Crippen molar-refractivity contribution in [2.24, 2.45) is 0 Å². The standard InChI is InChI=1S/C18H18N4O2/c1-12(2)22-18(24)15-8-4-3-7-14(15)16(21-22)10-17(23)20-13-6-5-9-19-11-13/h3-9,11-12H,10H2,1-2H3,(H,20,23). The van der Waals surface area contributed by atoms with E-state index in [9.17, 15) is 9.59 Å². The number of hydrogen-bond donors (Lipinski definition) is 1. The quantitative estimate of drug-likeness (QED) is 0.801. The number of anilines is 1. The Morgan fingerprint density at radius 1 is 1.17 bits per heavy atom. The van der Waals surface area contributed by atoms with Crippen LogP contribution in [-0.2, 0) is 11.2 Å². The Hall–Kier alpha value is -3.02. The first kappa shape index (κ1) is 15.9. The highest BCUT2D eigenvalue weighted by atomic mass is 16.1. The summed E-state index contributed by atoms with van der Waals surface area (Å²) in [5.74, 6) is -0.199. The number of nitrogens with one attached hydrogen (secondary N) is 1. The van der Waals surface area contributed by atoms with Crippen LogP contribution >= 0.6 is 0 Å². The number of nitrogens with zero attached hydrogens (tertiary/aromatic N) is 3. The van der Waals surface area contributed by atoms with E-state index in [1.807, 2.05) is 32.0 Å². The van der Waals surface area contributed by atoms with Crippen molar-refractivity contribution >= 4 is 22.4 Å². The van der Waals surface area contributed by atoms with Crippen molar-refractivity contribution in [3.8, 4) is 0 Å². The van der Waals surface area contributed by atoms with Gasteiger partial charge in [-0.15, -0.1) is 0 Å². The molecule has 0 aliphatic carbocycles. The number of fused-ring (bicyclic) bond motifs is 1. The van der Waals surface area contributed by atoms with Gasteiger partial charge in [0, 0.05) is 11.6 Å². The summed E-state index contributed by atoms with van der Waals surface area (Å²) in [5, 5.41) is 8.48. The summed E-state index contributed by atoms with van der Waals surface area (Å²) in [6.07, 6.45) is 3.31. The van der Waals surface area contributed by atoms with E-state index < -0.39 is 0 Å². The Bertz CT molecular complexity index is 933. The second kappa shape index (κ2) is 6.62. The fourth-order valence-electron chi connectivity index (χ4n) is 2.55. The minimum atomic E-state index is -0.199. The van der Waals surface area contributed by atoms with Gasteiger partial charge in [0.05, 0.1) is 35.4 Å². The Morgan fingerprint density at radius 3 is 2.58 bits per heavy atom. The van der Waals surface area contributed by atoms with Crippen molar-refractivity contribution in [3.63, 3.8) is 0 Å². The second-order valence-electron chi connectivity index (χ2n) is 5.80. The largest absolute Gasteiger partial charge is 0.324 e. The molecular formula is C18H18N4O2. The van der Waals surface area contributed by atoms with E-state index in [4.69, 9.17) is 0 Å². The number of carbonyl (C=O) groups is 1. The Kier molecular flexibility index (Phi) is 4.37. The normalized spacial score (nSPS) is 11.0. The number of hydrogen-bond acceptors (Lipinski definition) is 4. The van der Waals surface area contributed by atoms with Crippen LogP contribution in [0, 0.1) is 0 Å². The first-order valence-electron chi connectivity index (χ1n) is 7.76. The maximum absolute atomic E-state index is 12.5. The summed E-state index contributed by atoms with van der Waals surface area (Å²) in [5.41, 5.74) is 1.07. The van der Waals surface area contributed by atoms with Crippen molar-refractivity contribution in [2.45, 2.75) is 26.3 Å². The molecule has 0 atom stereocenters. The lowest BCUT2D eigenvalue weighted by atomic mass is 10.1. The van der Waals surface area contributed by atoms with Crippen LogP contribution < -0.4 is 10.9 Å². The topological polar surface area (TPSA) is 76.9 Å². The van der Waals surface area contributed by atoms with Crippen LogP contribution in [0.1, 0.15) is 25.6 Å². The van der Waals surface area contributed by atoms with Crippen molar-refractivity contribution in [1.29, 1.82) is 0 Å². The first-order chi connectivity index (χ1) is 11.6. The van der Waals surface area contributed by atoms with Gasteiger partial charge in [-0.05, 0) is 32.0 Å². The lowest BCUT2D eigenvalue weighted by Crippen LogP contribution is -2.27. The molecule has 122 valence electrons. The zero-order valence-electron chi connectivity index (χ0n) is 13.6. The van der Waals surface area contributed by atoms with Crippen molar-refractivity contribution < 1.29 is 4.79 Å². The van der Waals surface area contributed by atoms with E-state index in [0.29, 0.717) is 22.2 Å². The molecule has 0 saturated heterocycles. The highest BCUT2D eigenvalue weighted by Gasteiger charge is 2.15. The summed E-state index contributed by atoms with van der Waals surface area (Å²) < 4.78 is 1.43. The van der Waals surface area contributed by atoms with Crippen molar-refractivity contribution in [2.75, 3.05) is 5.32 Å². The monoisotopic (exact) mass is 322 g/mol. The van der Waals surface area contributed by atoms with Gasteiger partial charge < -0.3 is 5.32 Å². The molecule has 24 heavy (non-hydrogen) atoms. The molecule has 3 aromatic rings. The number of carbonyl (C=O) groups excluding carboxylic acids is 1. The summed E-state index contributed by atoms with van der Waals surface area (Å²) in [6.45, 7) is 3.78. The molecule has 0 radical (unpaired) electrons. The van der Waals surface area contributed by atoms with E-state index in [1.165, 1.54) is 4.68 Å². The molecule has 2 heterocycles. The van der Waals surface area contributed by atoms with Gasteiger partial charge in [0.25, 0.3) is 5.56 Å². The fourth-order valence-corrected chi connectivity index (χ4v) is 2.55. The third kappa shape index (κ3) is 3.17. The van der Waals surface area contributed by atoms with E-state index >= 15 is 0 Å². The average Bonchev–Trinajstić information content (AvgIpc) is 2.58. The summed E-state index contributed by atoms with van der Waals surface area (Å²) in [4.78, 5) is 28.8. The predicted molar refractivity (Wildman–Crippen MR) is 93.0 cm³/mol. The molecule has 0 unspecified atom stereocenters. The van der Waals surface area contributed by atoms with Crippen LogP contribution in [-0.4, -0.2) is 20.7 Å². The van der Waals surface area contributed by atoms with Crippen LogP contribution in [0.25, 0.3) is 10.8 Å². The predicted octanol–water partition coefficient (Wildman–Crippen LogP) is 2.55. The maximum atomic E-state index is 12.5. The Morgan fingerprint density at radius 2 is 1.92 bits per heavy atom. The molecule has 6 heteroatoms. The van der Waals surface area contributed by atoms with E-state index in [1.54, 1.807) is 30.6 Å². The van der Waals surface area contributed by atoms with E-state index in [2.05, 4.69) is 15.4 Å². The van der Waals surface area contributed by atoms with Crippen molar-refractivity contribution in [3.05, 3.63) is 64.8 Å². The molecule has 0 saturated carbocycles. The summed E-state index contributed by atoms with van der Waals surface area (Å²) in [7, 11) is 0. The summed E-state index contributed by atoms with van der Waals surface area (Å²) >= 11 is 0. The minimum absolute atomic E-state index is 0.0813. The fraction of sp³-hybridized carbons (Fsp3) is 0.222. The molecule has 1 N–H and O–H groups in total. The highest BCUT2D eigenvalue weighted by molar-refractivity contribution is 5.95. The molecule has 2 aromatic heterocycles. The van der Waals surface area contributed by atoms with Crippen LogP contribution in [0.15, 0.2) is 53.6 Å². The SMILES string of the molecule is CC(C)n1nc(CC(=O)Nc2cccnc2)c2ccccc2c1=O. The number of rotatable bonds is 4. The van der Waals surface area contributed by atoms with Gasteiger partial charge in [-0.25, -0.2) is 4.68 Å². The van der Waals surface area contributed by atoms with Crippen LogP contribution in [0.5, 0.6) is 0 Å². The zero-order chi connectivity index (χ0) is 17.1. The summed E-state index contributed by atoms with van der Waals surface area (Å²) in [6, 6.07) is 10.7. The van der Waals surface area contributed by atoms with Gasteiger partial charge in [-0.2, -0.15) is 5.10 Å². The van der Waals surface area contributed by atoms with Gasteiger partial charge in [0.15, 0.2) is 0 Å². The maximum Gasteiger partial charge on any atom is 0.274 e. The van der Waals surface area contributed by atoms with Crippen molar-refractivity contribution in [1.82, 2.24) is 14.8 Å². The molecular weight excluding hydrogens is 304 g/mol. The number of aromatic nitrogens is 3. The minimum Gasteiger partial charge on any atom is -0.324 e. The van der Waals surface area contributed by atoms with Gasteiger partial charge in [-0.3, -0.25) is 14.6 Å². The average molecular weight is 322 g/mol. The van der Waals surface area contributed by atoms with Gasteiger partial charge >= 0.3 is 0 Å². The highest BCUT2D eigenvalue weighted by Crippen LogP contribution is 2.16. The molecule has 0 aliphatic heterocycles. The Labute approximate surface area is 139 Å². The smallest absolute Gasteiger partial charge is 0.274 e. The molecule has 0 fully saturated rings. The van der Waals surface area contributed by atoms with Crippen LogP contribution in [0.2, 0.25) is 0 Å². The number of pyridine rings is 1. The van der Waals surface area contributed by atoms with Gasteiger partial charge in [-0.1, -0.05) is 18.2 Å². The van der Waals surface area contributed by atoms with Gasteiger partial charge in [0.1, 0.15) is 0 Å². The lowest BCUT2D eigenvalue weighted by Gasteiger charge is -2.13. The zero-order valence-corrected chi connectivity index (χ0v) is 13.6. The molecule has 0 aliphatic rings. The first-order valence-corrected chi connectivity index (χ1v) is 7.76. The Balaban J connectivity index is 1.98. The lowest BCUT2D eigenvalue weighted by molar-refractivity contribution is -0.115. The van der Waals surface area contributed by atoms with Gasteiger partial charge in [0.2, 0.25) is 5.91 Å². The molecule has 0 bridgehead atoms. The molecule has 1 amide bonds. The number of benzene rings is 1. The third-order valence-corrected chi connectivity index (χ3v) is 3.67. The molecule has 0 spiro atoms. The molecule has 6 nitrogen and oxygen atoms in total.